The van der Waals surface area contributed by atoms with E-state index in [-0.39, 0.29) is 6.04 Å². The molecule has 0 saturated carbocycles. The van der Waals surface area contributed by atoms with E-state index >= 15 is 0 Å². The topological polar surface area (TPSA) is 47.3 Å². The van der Waals surface area contributed by atoms with Crippen LogP contribution in [0.5, 0.6) is 0 Å². The fraction of sp³-hybridized carbons (Fsp3) is 0.333. The molecule has 17 heavy (non-hydrogen) atoms. The van der Waals surface area contributed by atoms with E-state index in [1.165, 1.54) is 0 Å². The van der Waals surface area contributed by atoms with Gasteiger partial charge in [0, 0.05) is 17.1 Å². The molecule has 1 aliphatic heterocycles. The van der Waals surface area contributed by atoms with Gasteiger partial charge in [-0.1, -0.05) is 23.7 Å². The molecule has 1 aromatic rings. The summed E-state index contributed by atoms with van der Waals surface area (Å²) in [6, 6.07) is 7.83. The molecule has 0 radical (unpaired) electrons. The quantitative estimate of drug-likeness (QED) is 0.490. The zero-order chi connectivity index (χ0) is 12.1. The molecule has 1 aliphatic rings. The van der Waals surface area contributed by atoms with Crippen LogP contribution in [0, 0.1) is 0 Å². The third-order valence-electron chi connectivity index (χ3n) is 2.52. The van der Waals surface area contributed by atoms with Crippen LogP contribution >= 0.6 is 23.4 Å². The molecule has 0 fully saturated rings. The van der Waals surface area contributed by atoms with Crippen LogP contribution in [0.25, 0.3) is 0 Å². The van der Waals surface area contributed by atoms with Crippen LogP contribution in [0.1, 0.15) is 6.42 Å². The van der Waals surface area contributed by atoms with Gasteiger partial charge in [-0.25, -0.2) is 5.43 Å². The maximum absolute atomic E-state index is 6.09. The molecule has 0 aromatic heterocycles. The number of benzene rings is 1. The maximum Gasteiger partial charge on any atom is 0.111 e. The number of hydrogen-bond acceptors (Lipinski definition) is 4. The van der Waals surface area contributed by atoms with E-state index in [0.717, 1.165) is 34.5 Å². The van der Waals surface area contributed by atoms with Gasteiger partial charge in [0.15, 0.2) is 0 Å². The van der Waals surface area contributed by atoms with Crippen molar-refractivity contribution < 1.29 is 4.74 Å². The van der Waals surface area contributed by atoms with Gasteiger partial charge in [0.2, 0.25) is 0 Å². The summed E-state index contributed by atoms with van der Waals surface area (Å²) < 4.78 is 5.50. The lowest BCUT2D eigenvalue weighted by Crippen LogP contribution is -2.38. The van der Waals surface area contributed by atoms with Crippen molar-refractivity contribution in [3.8, 4) is 0 Å². The average molecular weight is 271 g/mol. The third-order valence-corrected chi connectivity index (χ3v) is 4.13. The monoisotopic (exact) mass is 270 g/mol. The summed E-state index contributed by atoms with van der Waals surface area (Å²) in [6.45, 7) is 0.754. The van der Waals surface area contributed by atoms with Gasteiger partial charge in [-0.15, -0.1) is 11.8 Å². The highest BCUT2D eigenvalue weighted by molar-refractivity contribution is 7.99. The lowest BCUT2D eigenvalue weighted by molar-refractivity contribution is 0.220. The molecule has 5 heteroatoms. The molecule has 1 atom stereocenters. The van der Waals surface area contributed by atoms with Crippen LogP contribution in [0.2, 0.25) is 5.02 Å². The van der Waals surface area contributed by atoms with E-state index in [1.807, 2.05) is 24.3 Å². The Hall–Kier alpha value is -0.680. The summed E-state index contributed by atoms with van der Waals surface area (Å²) in [5.74, 6) is 7.27. The molecule has 0 spiro atoms. The molecule has 3 nitrogen and oxygen atoms in total. The lowest BCUT2D eigenvalue weighted by atomic mass is 10.3. The predicted octanol–water partition coefficient (Wildman–Crippen LogP) is 2.57. The first-order valence-corrected chi connectivity index (χ1v) is 6.84. The van der Waals surface area contributed by atoms with Crippen molar-refractivity contribution >= 4 is 23.4 Å². The van der Waals surface area contributed by atoms with E-state index < -0.39 is 0 Å². The number of rotatable bonds is 5. The van der Waals surface area contributed by atoms with Crippen molar-refractivity contribution in [3.63, 3.8) is 0 Å². The number of hydrogen-bond donors (Lipinski definition) is 2. The Balaban J connectivity index is 1.94. The summed E-state index contributed by atoms with van der Waals surface area (Å²) in [4.78, 5) is 1.06. The Kier molecular flexibility index (Phi) is 4.74. The Morgan fingerprint density at radius 2 is 2.29 bits per heavy atom. The van der Waals surface area contributed by atoms with Gasteiger partial charge in [-0.3, -0.25) is 5.84 Å². The van der Waals surface area contributed by atoms with Crippen LogP contribution < -0.4 is 11.3 Å². The number of halogens is 1. The highest BCUT2D eigenvalue weighted by Gasteiger charge is 2.18. The lowest BCUT2D eigenvalue weighted by Gasteiger charge is -2.16. The van der Waals surface area contributed by atoms with Crippen molar-refractivity contribution in [1.82, 2.24) is 5.43 Å². The Bertz CT molecular complexity index is 411. The summed E-state index contributed by atoms with van der Waals surface area (Å²) in [6.07, 6.45) is 3.04. The highest BCUT2D eigenvalue weighted by Crippen LogP contribution is 2.28. The second-order valence-corrected chi connectivity index (χ2v) is 5.17. The first-order chi connectivity index (χ1) is 8.31. The molecule has 3 N–H and O–H groups in total. The van der Waals surface area contributed by atoms with Crippen molar-refractivity contribution in [2.24, 2.45) is 5.84 Å². The summed E-state index contributed by atoms with van der Waals surface area (Å²) in [5.41, 5.74) is 2.78. The number of ether oxygens (including phenoxy) is 1. The number of thioether (sulfide) groups is 1. The van der Waals surface area contributed by atoms with Crippen LogP contribution in [0.4, 0.5) is 0 Å². The van der Waals surface area contributed by atoms with Crippen molar-refractivity contribution in [2.45, 2.75) is 17.4 Å². The fourth-order valence-electron chi connectivity index (χ4n) is 1.63. The molecule has 0 amide bonds. The molecule has 1 unspecified atom stereocenters. The molecule has 0 aliphatic carbocycles. The van der Waals surface area contributed by atoms with Gasteiger partial charge in [0.25, 0.3) is 0 Å². The van der Waals surface area contributed by atoms with Gasteiger partial charge < -0.3 is 4.74 Å². The molecule has 0 saturated heterocycles. The summed E-state index contributed by atoms with van der Waals surface area (Å²) in [5, 5.41) is 0.773. The second-order valence-electron chi connectivity index (χ2n) is 3.70. The Labute approximate surface area is 110 Å². The standard InChI is InChI=1S/C12H15ClN2OS/c13-9-4-1-2-6-12(9)17-8-10(15-14)11-5-3-7-16-11/h1-2,4-6,10,15H,3,7-8,14H2. The normalized spacial score (nSPS) is 16.5. The third kappa shape index (κ3) is 3.39. The van der Waals surface area contributed by atoms with Gasteiger partial charge in [-0.05, 0) is 18.2 Å². The van der Waals surface area contributed by atoms with Crippen LogP contribution in [0.3, 0.4) is 0 Å². The molecular weight excluding hydrogens is 256 g/mol. The van der Waals surface area contributed by atoms with E-state index in [2.05, 4.69) is 11.5 Å². The van der Waals surface area contributed by atoms with Crippen LogP contribution in [-0.4, -0.2) is 18.4 Å². The first kappa shape index (κ1) is 12.8. The van der Waals surface area contributed by atoms with Gasteiger partial charge in [0.05, 0.1) is 17.7 Å². The smallest absolute Gasteiger partial charge is 0.111 e. The number of nitrogens with one attached hydrogen (secondary N) is 1. The summed E-state index contributed by atoms with van der Waals surface area (Å²) in [7, 11) is 0. The molecule has 0 bridgehead atoms. The fourth-order valence-corrected chi connectivity index (χ4v) is 2.91. The second kappa shape index (κ2) is 6.31. The van der Waals surface area contributed by atoms with Gasteiger partial charge in [0.1, 0.15) is 5.76 Å². The van der Waals surface area contributed by atoms with Crippen molar-refractivity contribution in [2.75, 3.05) is 12.4 Å². The largest absolute Gasteiger partial charge is 0.496 e. The van der Waals surface area contributed by atoms with Crippen LogP contribution in [-0.2, 0) is 4.74 Å². The van der Waals surface area contributed by atoms with Crippen molar-refractivity contribution in [3.05, 3.63) is 41.1 Å². The predicted molar refractivity (Wildman–Crippen MR) is 71.9 cm³/mol. The highest BCUT2D eigenvalue weighted by atomic mass is 35.5. The molecule has 92 valence electrons. The minimum atomic E-state index is 0.0405. The number of nitrogens with two attached hydrogens (primary N) is 1. The maximum atomic E-state index is 6.09. The Morgan fingerprint density at radius 1 is 1.47 bits per heavy atom. The SMILES string of the molecule is NNC(CSc1ccccc1Cl)C1=CCCO1. The van der Waals surface area contributed by atoms with E-state index in [1.54, 1.807) is 11.8 Å². The molecular formula is C12H15ClN2OS. The molecule has 1 aromatic carbocycles. The zero-order valence-corrected chi connectivity index (χ0v) is 10.9. The molecule has 1 heterocycles. The van der Waals surface area contributed by atoms with E-state index in [9.17, 15) is 0 Å². The zero-order valence-electron chi connectivity index (χ0n) is 9.36. The number of hydrazine groups is 1. The van der Waals surface area contributed by atoms with E-state index in [4.69, 9.17) is 22.2 Å². The van der Waals surface area contributed by atoms with Gasteiger partial charge in [-0.2, -0.15) is 0 Å². The van der Waals surface area contributed by atoms with Crippen molar-refractivity contribution in [1.29, 1.82) is 0 Å². The first-order valence-electron chi connectivity index (χ1n) is 5.47. The summed E-state index contributed by atoms with van der Waals surface area (Å²) >= 11 is 7.76. The average Bonchev–Trinajstić information content (AvgIpc) is 2.86. The minimum Gasteiger partial charge on any atom is -0.496 e. The molecule has 2 rings (SSSR count). The minimum absolute atomic E-state index is 0.0405. The Morgan fingerprint density at radius 3 is 2.94 bits per heavy atom. The van der Waals surface area contributed by atoms with E-state index in [0.29, 0.717) is 0 Å². The van der Waals surface area contributed by atoms with Crippen LogP contribution in [0.15, 0.2) is 41.0 Å². The van der Waals surface area contributed by atoms with Gasteiger partial charge >= 0.3 is 0 Å².